The highest BCUT2D eigenvalue weighted by Gasteiger charge is 2.28. The fraction of sp³-hybridized carbons (Fsp3) is 0.174. The predicted octanol–water partition coefficient (Wildman–Crippen LogP) is 3.29. The highest BCUT2D eigenvalue weighted by molar-refractivity contribution is 9.10. The highest BCUT2D eigenvalue weighted by Crippen LogP contribution is 2.29. The first-order chi connectivity index (χ1) is 15.9. The van der Waals surface area contributed by atoms with Crippen LogP contribution in [-0.4, -0.2) is 28.4 Å². The van der Waals surface area contributed by atoms with Crippen molar-refractivity contribution in [2.75, 3.05) is 0 Å². The SMILES string of the molecule is Cc1c(C(=O)NNC(=O)c2ccc(Br)cc2)oc2c1/C(=N/NC(=O)c1cccnc1)CCC2. The Morgan fingerprint density at radius 1 is 1.00 bits per heavy atom. The Labute approximate surface area is 197 Å². The number of aryl methyl sites for hydroxylation is 1. The van der Waals surface area contributed by atoms with E-state index >= 15 is 0 Å². The van der Waals surface area contributed by atoms with Crippen LogP contribution in [0.5, 0.6) is 0 Å². The van der Waals surface area contributed by atoms with Gasteiger partial charge in [-0.1, -0.05) is 15.9 Å². The first-order valence-electron chi connectivity index (χ1n) is 10.2. The zero-order valence-corrected chi connectivity index (χ0v) is 19.2. The van der Waals surface area contributed by atoms with Crippen LogP contribution in [0.4, 0.5) is 0 Å². The minimum Gasteiger partial charge on any atom is -0.455 e. The van der Waals surface area contributed by atoms with E-state index in [4.69, 9.17) is 4.42 Å². The lowest BCUT2D eigenvalue weighted by molar-refractivity contribution is 0.0829. The molecule has 0 spiro atoms. The van der Waals surface area contributed by atoms with Crippen LogP contribution in [0.3, 0.4) is 0 Å². The molecular weight excluding hydrogens is 490 g/mol. The van der Waals surface area contributed by atoms with Gasteiger partial charge in [0.1, 0.15) is 5.76 Å². The van der Waals surface area contributed by atoms with E-state index in [1.807, 2.05) is 0 Å². The molecule has 1 aliphatic rings. The number of aromatic nitrogens is 1. The van der Waals surface area contributed by atoms with Crippen molar-refractivity contribution in [3.8, 4) is 0 Å². The second-order valence-corrected chi connectivity index (χ2v) is 8.28. The fourth-order valence-electron chi connectivity index (χ4n) is 3.52. The number of furan rings is 1. The summed E-state index contributed by atoms with van der Waals surface area (Å²) in [5.41, 5.74) is 10.0. The quantitative estimate of drug-likeness (QED) is 0.465. The lowest BCUT2D eigenvalue weighted by Crippen LogP contribution is -2.41. The Kier molecular flexibility index (Phi) is 6.64. The summed E-state index contributed by atoms with van der Waals surface area (Å²) in [7, 11) is 0. The first-order valence-corrected chi connectivity index (χ1v) is 11.0. The summed E-state index contributed by atoms with van der Waals surface area (Å²) in [4.78, 5) is 41.2. The molecule has 9 nitrogen and oxygen atoms in total. The maximum atomic E-state index is 12.7. The number of carbonyl (C=O) groups excluding carboxylic acids is 3. The molecule has 3 amide bonds. The van der Waals surface area contributed by atoms with E-state index in [1.54, 1.807) is 49.5 Å². The van der Waals surface area contributed by atoms with Crippen molar-refractivity contribution in [3.05, 3.63) is 87.0 Å². The molecular formula is C23H20BrN5O4. The van der Waals surface area contributed by atoms with Crippen molar-refractivity contribution in [1.82, 2.24) is 21.3 Å². The van der Waals surface area contributed by atoms with Gasteiger partial charge in [0.05, 0.1) is 11.3 Å². The van der Waals surface area contributed by atoms with Crippen LogP contribution in [0, 0.1) is 6.92 Å². The summed E-state index contributed by atoms with van der Waals surface area (Å²) >= 11 is 3.31. The van der Waals surface area contributed by atoms with Crippen molar-refractivity contribution in [1.29, 1.82) is 0 Å². The molecule has 1 aromatic carbocycles. The summed E-state index contributed by atoms with van der Waals surface area (Å²) in [6, 6.07) is 10.0. The number of hydrazine groups is 1. The molecule has 0 aliphatic heterocycles. The van der Waals surface area contributed by atoms with Gasteiger partial charge < -0.3 is 4.42 Å². The number of hydrogen-bond donors (Lipinski definition) is 3. The largest absolute Gasteiger partial charge is 0.455 e. The van der Waals surface area contributed by atoms with Gasteiger partial charge in [0.15, 0.2) is 5.76 Å². The Balaban J connectivity index is 1.47. The third kappa shape index (κ3) is 5.01. The number of nitrogens with zero attached hydrogens (tertiary/aromatic N) is 2. The Hall–Kier alpha value is -3.79. The molecule has 3 N–H and O–H groups in total. The minimum absolute atomic E-state index is 0.0873. The standard InChI is InChI=1S/C23H20BrN5O4/c1-13-19-17(26-27-22(31)15-4-3-11-25-12-15)5-2-6-18(19)33-20(13)23(32)29-28-21(30)14-7-9-16(24)10-8-14/h3-4,7-12H,2,5-6H2,1H3,(H,27,31)(H,28,30)(H,29,32)/b26-17+. The van der Waals surface area contributed by atoms with Crippen molar-refractivity contribution < 1.29 is 18.8 Å². The lowest BCUT2D eigenvalue weighted by Gasteiger charge is -2.13. The highest BCUT2D eigenvalue weighted by atomic mass is 79.9. The average Bonchev–Trinajstić information content (AvgIpc) is 3.19. The third-order valence-electron chi connectivity index (χ3n) is 5.14. The molecule has 33 heavy (non-hydrogen) atoms. The number of hydrazone groups is 1. The second-order valence-electron chi connectivity index (χ2n) is 7.36. The van der Waals surface area contributed by atoms with Crippen LogP contribution in [0.25, 0.3) is 0 Å². The van der Waals surface area contributed by atoms with Gasteiger partial charge in [-0.2, -0.15) is 5.10 Å². The molecule has 0 saturated carbocycles. The Bertz CT molecular complexity index is 1240. The van der Waals surface area contributed by atoms with Gasteiger partial charge in [-0.15, -0.1) is 0 Å². The Morgan fingerprint density at radius 3 is 2.48 bits per heavy atom. The molecule has 4 rings (SSSR count). The van der Waals surface area contributed by atoms with Gasteiger partial charge in [-0.05, 0) is 56.2 Å². The maximum Gasteiger partial charge on any atom is 0.305 e. The average molecular weight is 510 g/mol. The number of carbonyl (C=O) groups is 3. The van der Waals surface area contributed by atoms with Crippen LogP contribution in [0.2, 0.25) is 0 Å². The molecule has 1 aliphatic carbocycles. The van der Waals surface area contributed by atoms with Crippen LogP contribution in [0.15, 0.2) is 62.8 Å². The van der Waals surface area contributed by atoms with Crippen molar-refractivity contribution in [2.45, 2.75) is 26.2 Å². The van der Waals surface area contributed by atoms with Gasteiger partial charge in [-0.3, -0.25) is 30.2 Å². The molecule has 0 atom stereocenters. The summed E-state index contributed by atoms with van der Waals surface area (Å²) in [6.07, 6.45) is 5.07. The zero-order chi connectivity index (χ0) is 23.4. The number of hydrogen-bond acceptors (Lipinski definition) is 6. The molecule has 0 saturated heterocycles. The predicted molar refractivity (Wildman–Crippen MR) is 124 cm³/mol. The van der Waals surface area contributed by atoms with E-state index in [0.29, 0.717) is 46.6 Å². The van der Waals surface area contributed by atoms with Gasteiger partial charge >= 0.3 is 5.91 Å². The van der Waals surface area contributed by atoms with E-state index in [1.165, 1.54) is 6.20 Å². The number of nitrogens with one attached hydrogen (secondary N) is 3. The van der Waals surface area contributed by atoms with E-state index in [0.717, 1.165) is 10.9 Å². The van der Waals surface area contributed by atoms with Crippen LogP contribution in [0.1, 0.15) is 61.0 Å². The molecule has 0 bridgehead atoms. The van der Waals surface area contributed by atoms with Crippen LogP contribution >= 0.6 is 15.9 Å². The number of amides is 3. The number of halogens is 1. The van der Waals surface area contributed by atoms with Gasteiger partial charge in [0.25, 0.3) is 11.8 Å². The molecule has 0 radical (unpaired) electrons. The van der Waals surface area contributed by atoms with Gasteiger partial charge in [0, 0.05) is 40.0 Å². The van der Waals surface area contributed by atoms with Gasteiger partial charge in [-0.25, -0.2) is 5.43 Å². The summed E-state index contributed by atoms with van der Waals surface area (Å²) in [6.45, 7) is 1.75. The molecule has 2 heterocycles. The molecule has 0 fully saturated rings. The fourth-order valence-corrected chi connectivity index (χ4v) is 3.78. The molecule has 168 valence electrons. The van der Waals surface area contributed by atoms with E-state index in [2.05, 4.69) is 42.3 Å². The first kappa shape index (κ1) is 22.4. The number of fused-ring (bicyclic) bond motifs is 1. The monoisotopic (exact) mass is 509 g/mol. The number of pyridine rings is 1. The Morgan fingerprint density at radius 2 is 1.76 bits per heavy atom. The van der Waals surface area contributed by atoms with Crippen LogP contribution < -0.4 is 16.3 Å². The summed E-state index contributed by atoms with van der Waals surface area (Å²) < 4.78 is 6.64. The minimum atomic E-state index is -0.578. The van der Waals surface area contributed by atoms with E-state index < -0.39 is 11.8 Å². The second kappa shape index (κ2) is 9.78. The van der Waals surface area contributed by atoms with Crippen molar-refractivity contribution in [2.24, 2.45) is 5.10 Å². The zero-order valence-electron chi connectivity index (χ0n) is 17.6. The normalized spacial score (nSPS) is 13.8. The lowest BCUT2D eigenvalue weighted by atomic mass is 9.93. The van der Waals surface area contributed by atoms with Gasteiger partial charge in [0.2, 0.25) is 0 Å². The number of benzene rings is 1. The van der Waals surface area contributed by atoms with E-state index in [-0.39, 0.29) is 11.7 Å². The maximum absolute atomic E-state index is 12.7. The molecule has 2 aromatic heterocycles. The molecule has 10 heteroatoms. The smallest absolute Gasteiger partial charge is 0.305 e. The molecule has 3 aromatic rings. The molecule has 0 unspecified atom stereocenters. The summed E-state index contributed by atoms with van der Waals surface area (Å²) in [5, 5.41) is 4.28. The van der Waals surface area contributed by atoms with Crippen LogP contribution in [-0.2, 0) is 6.42 Å². The number of rotatable bonds is 4. The van der Waals surface area contributed by atoms with Crippen molar-refractivity contribution >= 4 is 39.4 Å². The van der Waals surface area contributed by atoms with E-state index in [9.17, 15) is 14.4 Å². The van der Waals surface area contributed by atoms with Crippen molar-refractivity contribution in [3.63, 3.8) is 0 Å². The third-order valence-corrected chi connectivity index (χ3v) is 5.67. The summed E-state index contributed by atoms with van der Waals surface area (Å²) in [5.74, 6) is -0.699. The topological polar surface area (TPSA) is 126 Å².